The molecule has 3 nitrogen and oxygen atoms in total. The topological polar surface area (TPSA) is 41.5 Å². The normalized spacial score (nSPS) is 11.1. The number of benzene rings is 1. The van der Waals surface area contributed by atoms with Crippen LogP contribution in [0.3, 0.4) is 0 Å². The van der Waals surface area contributed by atoms with Gasteiger partial charge in [0.15, 0.2) is 0 Å². The highest BCUT2D eigenvalue weighted by atomic mass is 35.5. The lowest BCUT2D eigenvalue weighted by molar-refractivity contribution is 0.0760. The summed E-state index contributed by atoms with van der Waals surface area (Å²) in [6, 6.07) is 5.28. The number of hydrogen-bond acceptors (Lipinski definition) is 3. The highest BCUT2D eigenvalue weighted by Crippen LogP contribution is 2.23. The van der Waals surface area contributed by atoms with Crippen molar-refractivity contribution >= 4 is 11.6 Å². The Balaban J connectivity index is 2.09. The molecule has 0 aliphatic carbocycles. The van der Waals surface area contributed by atoms with Crippen LogP contribution in [0.2, 0.25) is 5.02 Å². The van der Waals surface area contributed by atoms with Gasteiger partial charge in [0.1, 0.15) is 5.75 Å². The first-order chi connectivity index (χ1) is 8.59. The minimum absolute atomic E-state index is 0.131. The summed E-state index contributed by atoms with van der Waals surface area (Å²) in [6.07, 6.45) is 2.48. The summed E-state index contributed by atoms with van der Waals surface area (Å²) in [5.74, 6) is 0.131. The Kier molecular flexibility index (Phi) is 7.09. The van der Waals surface area contributed by atoms with Crippen LogP contribution in [0.5, 0.6) is 5.75 Å². The summed E-state index contributed by atoms with van der Waals surface area (Å²) in [6.45, 7) is 6.65. The molecule has 0 fully saturated rings. The monoisotopic (exact) mass is 271 g/mol. The van der Waals surface area contributed by atoms with Crippen LogP contribution in [0.1, 0.15) is 32.3 Å². The van der Waals surface area contributed by atoms with E-state index in [1.165, 1.54) is 0 Å². The summed E-state index contributed by atoms with van der Waals surface area (Å²) in [7, 11) is 0. The van der Waals surface area contributed by atoms with Crippen LogP contribution < -0.4 is 5.32 Å². The zero-order valence-electron chi connectivity index (χ0n) is 11.1. The smallest absolute Gasteiger partial charge is 0.134 e. The largest absolute Gasteiger partial charge is 0.506 e. The summed E-state index contributed by atoms with van der Waals surface area (Å²) in [5, 5.41) is 13.0. The molecule has 0 saturated carbocycles. The Hall–Kier alpha value is -0.770. The number of unbranched alkanes of at least 4 members (excludes halogenated alkanes) is 1. The Bertz CT molecular complexity index is 356. The van der Waals surface area contributed by atoms with Crippen molar-refractivity contribution in [3.05, 3.63) is 28.8 Å². The van der Waals surface area contributed by atoms with E-state index in [4.69, 9.17) is 16.3 Å². The summed E-state index contributed by atoms with van der Waals surface area (Å²) in [4.78, 5) is 0. The number of phenols is 1. The van der Waals surface area contributed by atoms with E-state index in [-0.39, 0.29) is 5.75 Å². The summed E-state index contributed by atoms with van der Waals surface area (Å²) < 4.78 is 5.46. The molecular formula is C14H22ClNO2. The van der Waals surface area contributed by atoms with Crippen molar-refractivity contribution < 1.29 is 9.84 Å². The third kappa shape index (κ3) is 6.24. The molecule has 1 aromatic carbocycles. The van der Waals surface area contributed by atoms with Gasteiger partial charge in [0.05, 0.1) is 11.1 Å². The number of phenolic OH excluding ortho intramolecular Hbond substituents is 1. The minimum atomic E-state index is 0.131. The molecule has 18 heavy (non-hydrogen) atoms. The van der Waals surface area contributed by atoms with E-state index in [0.717, 1.165) is 38.1 Å². The number of ether oxygens (including phenoxy) is 1. The molecule has 1 aromatic rings. The number of aromatic hydroxyl groups is 1. The molecule has 0 amide bonds. The molecule has 4 heteroatoms. The van der Waals surface area contributed by atoms with Crippen molar-refractivity contribution in [2.24, 2.45) is 0 Å². The first-order valence-electron chi connectivity index (χ1n) is 6.39. The second-order valence-corrected chi connectivity index (χ2v) is 5.00. The van der Waals surface area contributed by atoms with Crippen LogP contribution in [0.25, 0.3) is 0 Å². The van der Waals surface area contributed by atoms with Gasteiger partial charge in [-0.05, 0) is 50.9 Å². The minimum Gasteiger partial charge on any atom is -0.506 e. The van der Waals surface area contributed by atoms with Crippen LogP contribution in [0.4, 0.5) is 0 Å². The van der Waals surface area contributed by atoms with Crippen molar-refractivity contribution in [1.29, 1.82) is 0 Å². The van der Waals surface area contributed by atoms with Crippen molar-refractivity contribution in [2.45, 2.75) is 39.3 Å². The van der Waals surface area contributed by atoms with E-state index in [1.54, 1.807) is 12.1 Å². The molecule has 0 aliphatic rings. The molecule has 1 rings (SSSR count). The Morgan fingerprint density at radius 3 is 2.78 bits per heavy atom. The third-order valence-electron chi connectivity index (χ3n) is 2.54. The van der Waals surface area contributed by atoms with Crippen LogP contribution in [0.15, 0.2) is 18.2 Å². The highest BCUT2D eigenvalue weighted by molar-refractivity contribution is 6.32. The van der Waals surface area contributed by atoms with Crippen molar-refractivity contribution in [1.82, 2.24) is 5.32 Å². The van der Waals surface area contributed by atoms with Gasteiger partial charge in [-0.2, -0.15) is 0 Å². The molecule has 0 spiro atoms. The number of nitrogens with one attached hydrogen (secondary N) is 1. The lowest BCUT2D eigenvalue weighted by Gasteiger charge is -2.08. The molecule has 102 valence electrons. The van der Waals surface area contributed by atoms with E-state index in [9.17, 15) is 5.11 Å². The van der Waals surface area contributed by atoms with E-state index in [0.29, 0.717) is 11.1 Å². The van der Waals surface area contributed by atoms with E-state index in [2.05, 4.69) is 5.32 Å². The molecule has 0 heterocycles. The molecule has 2 N–H and O–H groups in total. The van der Waals surface area contributed by atoms with Gasteiger partial charge in [0, 0.05) is 13.2 Å². The average molecular weight is 272 g/mol. The average Bonchev–Trinajstić information content (AvgIpc) is 2.32. The van der Waals surface area contributed by atoms with Gasteiger partial charge in [-0.15, -0.1) is 0 Å². The Morgan fingerprint density at radius 1 is 1.33 bits per heavy atom. The fraction of sp³-hybridized carbons (Fsp3) is 0.571. The van der Waals surface area contributed by atoms with E-state index < -0.39 is 0 Å². The predicted octanol–water partition coefficient (Wildman–Crippen LogP) is 3.34. The molecule has 0 aliphatic heterocycles. The van der Waals surface area contributed by atoms with E-state index in [1.807, 2.05) is 19.9 Å². The number of hydrogen-bond donors (Lipinski definition) is 2. The molecule has 0 unspecified atom stereocenters. The fourth-order valence-corrected chi connectivity index (χ4v) is 1.77. The zero-order valence-corrected chi connectivity index (χ0v) is 11.8. The number of rotatable bonds is 8. The van der Waals surface area contributed by atoms with Gasteiger partial charge in [0.2, 0.25) is 0 Å². The van der Waals surface area contributed by atoms with Gasteiger partial charge < -0.3 is 15.2 Å². The predicted molar refractivity (Wildman–Crippen MR) is 75.1 cm³/mol. The first kappa shape index (κ1) is 15.3. The van der Waals surface area contributed by atoms with Crippen molar-refractivity contribution in [3.8, 4) is 5.75 Å². The quantitative estimate of drug-likeness (QED) is 0.713. The highest BCUT2D eigenvalue weighted by Gasteiger charge is 1.99. The molecule has 0 bridgehead atoms. The maximum Gasteiger partial charge on any atom is 0.134 e. The standard InChI is InChI=1S/C14H22ClNO2/c1-11(2)18-8-4-3-7-16-10-12-5-6-14(17)13(15)9-12/h5-6,9,11,16-17H,3-4,7-8,10H2,1-2H3. The fourth-order valence-electron chi connectivity index (χ4n) is 1.56. The Labute approximate surface area is 114 Å². The van der Waals surface area contributed by atoms with Gasteiger partial charge >= 0.3 is 0 Å². The lowest BCUT2D eigenvalue weighted by atomic mass is 10.2. The molecule has 0 aromatic heterocycles. The molecule has 0 saturated heterocycles. The second kappa shape index (κ2) is 8.35. The van der Waals surface area contributed by atoms with Crippen LogP contribution in [-0.2, 0) is 11.3 Å². The van der Waals surface area contributed by atoms with Gasteiger partial charge in [-0.1, -0.05) is 17.7 Å². The van der Waals surface area contributed by atoms with E-state index >= 15 is 0 Å². The number of halogens is 1. The third-order valence-corrected chi connectivity index (χ3v) is 2.84. The van der Waals surface area contributed by atoms with Gasteiger partial charge in [0.25, 0.3) is 0 Å². The molecule has 0 atom stereocenters. The summed E-state index contributed by atoms with van der Waals surface area (Å²) >= 11 is 5.83. The maximum atomic E-state index is 9.29. The Morgan fingerprint density at radius 2 is 2.11 bits per heavy atom. The van der Waals surface area contributed by atoms with Gasteiger partial charge in [-0.25, -0.2) is 0 Å². The first-order valence-corrected chi connectivity index (χ1v) is 6.77. The van der Waals surface area contributed by atoms with Crippen LogP contribution in [0, 0.1) is 0 Å². The maximum absolute atomic E-state index is 9.29. The zero-order chi connectivity index (χ0) is 13.4. The second-order valence-electron chi connectivity index (χ2n) is 4.59. The lowest BCUT2D eigenvalue weighted by Crippen LogP contribution is -2.15. The molecular weight excluding hydrogens is 250 g/mol. The van der Waals surface area contributed by atoms with Crippen LogP contribution in [-0.4, -0.2) is 24.4 Å². The van der Waals surface area contributed by atoms with Crippen molar-refractivity contribution in [3.63, 3.8) is 0 Å². The SMILES string of the molecule is CC(C)OCCCCNCc1ccc(O)c(Cl)c1. The summed E-state index contributed by atoms with van der Waals surface area (Å²) in [5.41, 5.74) is 1.08. The van der Waals surface area contributed by atoms with Crippen molar-refractivity contribution in [2.75, 3.05) is 13.2 Å². The van der Waals surface area contributed by atoms with Crippen LogP contribution >= 0.6 is 11.6 Å². The van der Waals surface area contributed by atoms with Gasteiger partial charge in [-0.3, -0.25) is 0 Å². The molecule has 0 radical (unpaired) electrons.